The van der Waals surface area contributed by atoms with Gasteiger partial charge in [0.25, 0.3) is 5.16 Å². The lowest BCUT2D eigenvalue weighted by Gasteiger charge is -2.05. The second-order valence-electron chi connectivity index (χ2n) is 3.56. The van der Waals surface area contributed by atoms with Crippen molar-refractivity contribution in [1.82, 2.24) is 15.2 Å². The second kappa shape index (κ2) is 6.26. The maximum atomic E-state index is 11.8. The number of halogens is 1. The molecule has 0 bridgehead atoms. The molecule has 0 amide bonds. The maximum absolute atomic E-state index is 11.8. The van der Waals surface area contributed by atoms with Crippen molar-refractivity contribution in [1.29, 1.82) is 0 Å². The Morgan fingerprint density at radius 1 is 1.12 bits per heavy atom. The molecule has 0 atom stereocenters. The molecule has 0 fully saturated rings. The molecule has 0 aliphatic rings. The van der Waals surface area contributed by atoms with Gasteiger partial charge in [-0.1, -0.05) is 13.8 Å². The van der Waals surface area contributed by atoms with E-state index in [1.54, 1.807) is 0 Å². The van der Waals surface area contributed by atoms with Crippen LogP contribution in [0.4, 0.5) is 0 Å². The lowest BCUT2D eigenvalue weighted by Crippen LogP contribution is -2.15. The van der Waals surface area contributed by atoms with Crippen molar-refractivity contribution in [2.24, 2.45) is 0 Å². The van der Waals surface area contributed by atoms with Crippen molar-refractivity contribution in [3.63, 3.8) is 0 Å². The number of hydrogen-bond donors (Lipinski definition) is 0. The van der Waals surface area contributed by atoms with E-state index in [-0.39, 0.29) is 10.9 Å². The zero-order valence-electron chi connectivity index (χ0n) is 9.98. The summed E-state index contributed by atoms with van der Waals surface area (Å²) >= 11 is 5.48. The van der Waals surface area contributed by atoms with Crippen LogP contribution in [-0.4, -0.2) is 35.2 Å². The van der Waals surface area contributed by atoms with Crippen LogP contribution in [0, 0.1) is 0 Å². The van der Waals surface area contributed by atoms with E-state index >= 15 is 0 Å². The molecule has 0 aliphatic carbocycles. The molecule has 0 saturated carbocycles. The van der Waals surface area contributed by atoms with Crippen LogP contribution in [0.15, 0.2) is 5.16 Å². The summed E-state index contributed by atoms with van der Waals surface area (Å²) in [5, 5.41) is 7.42. The van der Waals surface area contributed by atoms with Crippen LogP contribution in [0.3, 0.4) is 0 Å². The van der Waals surface area contributed by atoms with Gasteiger partial charge in [-0.15, -0.1) is 16.7 Å². The van der Waals surface area contributed by atoms with Crippen LogP contribution < -0.4 is 0 Å². The van der Waals surface area contributed by atoms with Crippen LogP contribution >= 0.6 is 11.6 Å². The van der Waals surface area contributed by atoms with E-state index in [1.807, 2.05) is 13.8 Å². The van der Waals surface area contributed by atoms with Crippen LogP contribution in [0.2, 0.25) is 0 Å². The first kappa shape index (κ1) is 14.3. The Balaban J connectivity index is 3.07. The van der Waals surface area contributed by atoms with E-state index in [0.717, 1.165) is 5.69 Å². The predicted molar refractivity (Wildman–Crippen MR) is 66.0 cm³/mol. The molecule has 96 valence electrons. The van der Waals surface area contributed by atoms with Gasteiger partial charge in [0.2, 0.25) is 9.84 Å². The molecule has 1 aromatic heterocycles. The fourth-order valence-electron chi connectivity index (χ4n) is 1.39. The molecule has 0 saturated heterocycles. The molecular formula is C10H16ClN3O2S. The zero-order chi connectivity index (χ0) is 12.9. The normalized spacial score (nSPS) is 11.7. The van der Waals surface area contributed by atoms with Crippen molar-refractivity contribution in [2.45, 2.75) is 38.3 Å². The highest BCUT2D eigenvalue weighted by molar-refractivity contribution is 7.91. The molecule has 0 N–H and O–H groups in total. The van der Waals surface area contributed by atoms with Crippen molar-refractivity contribution < 1.29 is 8.42 Å². The molecule has 0 radical (unpaired) electrons. The Morgan fingerprint density at radius 2 is 1.76 bits per heavy atom. The van der Waals surface area contributed by atoms with E-state index < -0.39 is 9.84 Å². The summed E-state index contributed by atoms with van der Waals surface area (Å²) in [6, 6.07) is 0. The fraction of sp³-hybridized carbons (Fsp3) is 0.700. The summed E-state index contributed by atoms with van der Waals surface area (Å²) in [6.07, 6.45) is 1.74. The van der Waals surface area contributed by atoms with Gasteiger partial charge >= 0.3 is 0 Å². The average Bonchev–Trinajstić information content (AvgIpc) is 2.35. The van der Waals surface area contributed by atoms with Gasteiger partial charge in [0, 0.05) is 5.88 Å². The highest BCUT2D eigenvalue weighted by Gasteiger charge is 2.19. The largest absolute Gasteiger partial charge is 0.267 e. The van der Waals surface area contributed by atoms with Crippen LogP contribution in [0.5, 0.6) is 0 Å². The third kappa shape index (κ3) is 3.61. The van der Waals surface area contributed by atoms with Crippen molar-refractivity contribution >= 4 is 21.4 Å². The molecule has 1 aromatic rings. The summed E-state index contributed by atoms with van der Waals surface area (Å²) in [7, 11) is -3.45. The number of hydrogen-bond acceptors (Lipinski definition) is 5. The van der Waals surface area contributed by atoms with Crippen molar-refractivity contribution in [2.75, 3.05) is 11.6 Å². The Kier molecular flexibility index (Phi) is 5.27. The third-order valence-electron chi connectivity index (χ3n) is 2.31. The lowest BCUT2D eigenvalue weighted by molar-refractivity contribution is 0.578. The summed E-state index contributed by atoms with van der Waals surface area (Å²) in [6.45, 7) is 3.85. The highest BCUT2D eigenvalue weighted by Crippen LogP contribution is 2.10. The van der Waals surface area contributed by atoms with Gasteiger partial charge in [-0.3, -0.25) is 0 Å². The quantitative estimate of drug-likeness (QED) is 0.735. The Labute approximate surface area is 107 Å². The number of nitrogens with zero attached hydrogens (tertiary/aromatic N) is 3. The van der Waals surface area contributed by atoms with E-state index in [2.05, 4.69) is 15.2 Å². The number of rotatable bonds is 6. The minimum Gasteiger partial charge on any atom is -0.220 e. The first-order valence-corrected chi connectivity index (χ1v) is 7.75. The van der Waals surface area contributed by atoms with Crippen LogP contribution in [0.25, 0.3) is 0 Å². The van der Waals surface area contributed by atoms with E-state index in [9.17, 15) is 8.42 Å². The molecule has 0 aliphatic heterocycles. The summed E-state index contributed by atoms with van der Waals surface area (Å²) in [4.78, 5) is 4.08. The smallest absolute Gasteiger partial charge is 0.220 e. The minimum absolute atomic E-state index is 0.0349. The number of aromatic nitrogens is 3. The summed E-state index contributed by atoms with van der Waals surface area (Å²) in [5.74, 6) is 0.271. The molecular weight excluding hydrogens is 262 g/mol. The summed E-state index contributed by atoms with van der Waals surface area (Å²) < 4.78 is 23.7. The number of aryl methyl sites for hydroxylation is 2. The maximum Gasteiger partial charge on any atom is 0.267 e. The average molecular weight is 278 g/mol. The topological polar surface area (TPSA) is 72.8 Å². The predicted octanol–water partition coefficient (Wildman–Crippen LogP) is 1.40. The Hall–Kier alpha value is -0.750. The Bertz CT molecular complexity index is 476. The fourth-order valence-corrected chi connectivity index (χ4v) is 2.80. The number of sulfone groups is 1. The molecule has 0 spiro atoms. The SMILES string of the molecule is CCc1nnc(S(=O)(=O)CCCCl)nc1CC. The molecule has 1 heterocycles. The van der Waals surface area contributed by atoms with E-state index in [1.165, 1.54) is 0 Å². The van der Waals surface area contributed by atoms with Gasteiger partial charge < -0.3 is 0 Å². The zero-order valence-corrected chi connectivity index (χ0v) is 11.6. The van der Waals surface area contributed by atoms with Gasteiger partial charge in [0.1, 0.15) is 0 Å². The van der Waals surface area contributed by atoms with Crippen molar-refractivity contribution in [3.8, 4) is 0 Å². The minimum atomic E-state index is -3.45. The molecule has 0 unspecified atom stereocenters. The lowest BCUT2D eigenvalue weighted by atomic mass is 10.2. The molecule has 7 heteroatoms. The van der Waals surface area contributed by atoms with E-state index in [4.69, 9.17) is 11.6 Å². The standard InChI is InChI=1S/C10H16ClN3O2S/c1-3-8-9(4-2)13-14-10(12-8)17(15,16)7-5-6-11/h3-7H2,1-2H3. The van der Waals surface area contributed by atoms with Gasteiger partial charge in [-0.25, -0.2) is 13.4 Å². The first-order valence-electron chi connectivity index (χ1n) is 5.56. The van der Waals surface area contributed by atoms with Gasteiger partial charge in [0.15, 0.2) is 0 Å². The van der Waals surface area contributed by atoms with Gasteiger partial charge in [-0.05, 0) is 19.3 Å². The second-order valence-corrected chi connectivity index (χ2v) is 5.94. The van der Waals surface area contributed by atoms with Crippen molar-refractivity contribution in [3.05, 3.63) is 11.4 Å². The highest BCUT2D eigenvalue weighted by atomic mass is 35.5. The monoisotopic (exact) mass is 277 g/mol. The first-order chi connectivity index (χ1) is 8.05. The molecule has 17 heavy (non-hydrogen) atoms. The molecule has 0 aromatic carbocycles. The molecule has 5 nitrogen and oxygen atoms in total. The van der Waals surface area contributed by atoms with Crippen LogP contribution in [-0.2, 0) is 22.7 Å². The molecule has 1 rings (SSSR count). The summed E-state index contributed by atoms with van der Waals surface area (Å²) in [5.41, 5.74) is 1.45. The number of alkyl halides is 1. The third-order valence-corrected chi connectivity index (χ3v) is 4.14. The van der Waals surface area contributed by atoms with E-state index in [0.29, 0.717) is 30.8 Å². The van der Waals surface area contributed by atoms with Crippen LogP contribution in [0.1, 0.15) is 31.7 Å². The van der Waals surface area contributed by atoms with Gasteiger partial charge in [0.05, 0.1) is 17.1 Å². The van der Waals surface area contributed by atoms with Gasteiger partial charge in [-0.2, -0.15) is 5.10 Å². The Morgan fingerprint density at radius 3 is 2.29 bits per heavy atom.